The number of benzene rings is 3. The highest BCUT2D eigenvalue weighted by Gasteiger charge is 2.31. The number of aliphatic carboxylic acids is 1. The fourth-order valence-corrected chi connectivity index (χ4v) is 5.13. The van der Waals surface area contributed by atoms with Gasteiger partial charge in [0.15, 0.2) is 6.10 Å². The van der Waals surface area contributed by atoms with Crippen molar-refractivity contribution in [3.05, 3.63) is 95.1 Å². The number of rotatable bonds is 11. The van der Waals surface area contributed by atoms with Gasteiger partial charge in [0.1, 0.15) is 5.75 Å². The highest BCUT2D eigenvalue weighted by molar-refractivity contribution is 5.95. The van der Waals surface area contributed by atoms with Gasteiger partial charge in [0.2, 0.25) is 5.91 Å². The predicted octanol–water partition coefficient (Wildman–Crippen LogP) is 5.58. The first-order valence-electron chi connectivity index (χ1n) is 14.0. The van der Waals surface area contributed by atoms with Crippen molar-refractivity contribution in [2.75, 3.05) is 11.4 Å². The molecule has 0 saturated heterocycles. The maximum Gasteiger partial charge on any atom is 0.573 e. The van der Waals surface area contributed by atoms with Gasteiger partial charge in [-0.25, -0.2) is 4.79 Å². The van der Waals surface area contributed by atoms with E-state index in [1.54, 1.807) is 23.1 Å². The largest absolute Gasteiger partial charge is 0.573 e. The Morgan fingerprint density at radius 3 is 2.23 bits per heavy atom. The number of amides is 2. The number of carboxylic acid groups (broad SMARTS) is 1. The van der Waals surface area contributed by atoms with Crippen molar-refractivity contribution in [1.82, 2.24) is 5.32 Å². The lowest BCUT2D eigenvalue weighted by Gasteiger charge is -2.26. The third-order valence-electron chi connectivity index (χ3n) is 7.37. The van der Waals surface area contributed by atoms with E-state index in [1.165, 1.54) is 55.2 Å². The monoisotopic (exact) mass is 598 g/mol. The van der Waals surface area contributed by atoms with Gasteiger partial charge in [0.05, 0.1) is 19.5 Å². The van der Waals surface area contributed by atoms with E-state index in [1.807, 2.05) is 24.3 Å². The van der Waals surface area contributed by atoms with E-state index in [0.29, 0.717) is 22.7 Å². The van der Waals surface area contributed by atoms with Crippen molar-refractivity contribution >= 4 is 23.5 Å². The normalized spacial score (nSPS) is 14.5. The molecule has 3 aromatic rings. The lowest BCUT2D eigenvalue weighted by molar-refractivity contribution is -0.274. The number of nitrogens with one attached hydrogen (secondary N) is 1. The average Bonchev–Trinajstić information content (AvgIpc) is 2.98. The molecule has 0 bridgehead atoms. The summed E-state index contributed by atoms with van der Waals surface area (Å²) in [6.45, 7) is -0.329. The van der Waals surface area contributed by atoms with E-state index in [0.717, 1.165) is 12.8 Å². The Bertz CT molecular complexity index is 1400. The van der Waals surface area contributed by atoms with Crippen LogP contribution in [0.4, 0.5) is 18.9 Å². The molecular weight excluding hydrogens is 565 g/mol. The fourth-order valence-electron chi connectivity index (χ4n) is 5.13. The van der Waals surface area contributed by atoms with Crippen LogP contribution in [0.1, 0.15) is 65.1 Å². The number of carbonyl (C=O) groups is 3. The smallest absolute Gasteiger partial charge is 0.479 e. The van der Waals surface area contributed by atoms with E-state index in [-0.39, 0.29) is 24.4 Å². The van der Waals surface area contributed by atoms with Gasteiger partial charge in [-0.05, 0) is 71.8 Å². The predicted molar refractivity (Wildman–Crippen MR) is 153 cm³/mol. The van der Waals surface area contributed by atoms with Crippen LogP contribution in [0, 0.1) is 0 Å². The topological polar surface area (TPSA) is 116 Å². The van der Waals surface area contributed by atoms with E-state index < -0.39 is 36.6 Å². The maximum atomic E-state index is 13.6. The van der Waals surface area contributed by atoms with E-state index in [9.17, 15) is 32.7 Å². The molecule has 2 amide bonds. The van der Waals surface area contributed by atoms with Crippen LogP contribution < -0.4 is 15.0 Å². The van der Waals surface area contributed by atoms with Crippen molar-refractivity contribution in [3.8, 4) is 5.75 Å². The van der Waals surface area contributed by atoms with Gasteiger partial charge in [0, 0.05) is 11.3 Å². The third kappa shape index (κ3) is 9.31. The standard InChI is InChI=1S/C32H33F3N2O6/c33-32(34,35)43-27-8-4-5-22(17-27)18-29(39)37(26-15-13-24(14-16-26)23-6-2-1-3-7-23)20-21-9-11-25(12-10-21)30(40)36-19-28(38)31(41)42/h4-5,8-17,23,28,38H,1-3,6-7,18-20H2,(H,36,40)(H,41,42). The molecule has 0 radical (unpaired) electrons. The second kappa shape index (κ2) is 14.2. The number of carbonyl (C=O) groups excluding carboxylic acids is 2. The van der Waals surface area contributed by atoms with Gasteiger partial charge in [-0.2, -0.15) is 0 Å². The number of anilines is 1. The Kier molecular flexibility index (Phi) is 10.4. The van der Waals surface area contributed by atoms with E-state index in [2.05, 4.69) is 10.1 Å². The molecule has 1 fully saturated rings. The quantitative estimate of drug-likeness (QED) is 0.265. The van der Waals surface area contributed by atoms with Crippen LogP contribution in [0.2, 0.25) is 0 Å². The Balaban J connectivity index is 1.53. The summed E-state index contributed by atoms with van der Waals surface area (Å²) in [5, 5.41) is 20.5. The zero-order valence-corrected chi connectivity index (χ0v) is 23.3. The first-order chi connectivity index (χ1) is 20.5. The molecule has 3 aromatic carbocycles. The second-order valence-electron chi connectivity index (χ2n) is 10.5. The van der Waals surface area contributed by atoms with Gasteiger partial charge in [0.25, 0.3) is 5.91 Å². The SMILES string of the molecule is O=C(NCC(O)C(=O)O)c1ccc(CN(C(=O)Cc2cccc(OC(F)(F)F)c2)c2ccc(C3CCCCC3)cc2)cc1. The molecular formula is C32H33F3N2O6. The summed E-state index contributed by atoms with van der Waals surface area (Å²) in [6.07, 6.45) is -0.921. The molecule has 3 N–H and O–H groups in total. The third-order valence-corrected chi connectivity index (χ3v) is 7.37. The summed E-state index contributed by atoms with van der Waals surface area (Å²) in [5.41, 5.74) is 3.10. The number of halogens is 3. The van der Waals surface area contributed by atoms with Crippen molar-refractivity contribution in [2.24, 2.45) is 0 Å². The molecule has 1 aliphatic carbocycles. The minimum Gasteiger partial charge on any atom is -0.479 e. The molecule has 0 aromatic heterocycles. The van der Waals surface area contributed by atoms with Gasteiger partial charge in [-0.3, -0.25) is 9.59 Å². The number of nitrogens with zero attached hydrogens (tertiary/aromatic N) is 1. The number of carboxylic acids is 1. The minimum absolute atomic E-state index is 0.125. The summed E-state index contributed by atoms with van der Waals surface area (Å²) in [7, 11) is 0. The zero-order valence-electron chi connectivity index (χ0n) is 23.3. The van der Waals surface area contributed by atoms with Gasteiger partial charge < -0.3 is 25.2 Å². The summed E-state index contributed by atoms with van der Waals surface area (Å²) in [4.78, 5) is 38.3. The maximum absolute atomic E-state index is 13.6. The van der Waals surface area contributed by atoms with Crippen molar-refractivity contribution < 1.29 is 42.5 Å². The van der Waals surface area contributed by atoms with Crippen molar-refractivity contribution in [3.63, 3.8) is 0 Å². The zero-order chi connectivity index (χ0) is 31.0. The van der Waals surface area contributed by atoms with Crippen LogP contribution in [0.15, 0.2) is 72.8 Å². The molecule has 11 heteroatoms. The highest BCUT2D eigenvalue weighted by Crippen LogP contribution is 2.34. The van der Waals surface area contributed by atoms with Crippen LogP contribution in [0.5, 0.6) is 5.75 Å². The Morgan fingerprint density at radius 2 is 1.60 bits per heavy atom. The summed E-state index contributed by atoms with van der Waals surface area (Å²) in [5.74, 6) is -2.31. The van der Waals surface area contributed by atoms with Crippen molar-refractivity contribution in [1.29, 1.82) is 0 Å². The molecule has 1 atom stereocenters. The molecule has 1 saturated carbocycles. The number of alkyl halides is 3. The number of hydrogen-bond donors (Lipinski definition) is 3. The number of aliphatic hydroxyl groups excluding tert-OH is 1. The second-order valence-corrected chi connectivity index (χ2v) is 10.5. The van der Waals surface area contributed by atoms with Crippen molar-refractivity contribution in [2.45, 2.75) is 63.5 Å². The summed E-state index contributed by atoms with van der Waals surface area (Å²) in [6, 6.07) is 19.4. The first kappa shape index (κ1) is 31.6. The van der Waals surface area contributed by atoms with Crippen LogP contribution >= 0.6 is 0 Å². The summed E-state index contributed by atoms with van der Waals surface area (Å²) < 4.78 is 42.2. The molecule has 0 heterocycles. The number of ether oxygens (including phenoxy) is 1. The van der Waals surface area contributed by atoms with Crippen LogP contribution in [-0.2, 0) is 22.6 Å². The van der Waals surface area contributed by atoms with Gasteiger partial charge >= 0.3 is 12.3 Å². The number of aliphatic hydroxyl groups is 1. The molecule has 1 aliphatic rings. The summed E-state index contributed by atoms with van der Waals surface area (Å²) >= 11 is 0. The van der Waals surface area contributed by atoms with Crippen LogP contribution in [-0.4, -0.2) is 47.0 Å². The fraction of sp³-hybridized carbons (Fsp3) is 0.344. The lowest BCUT2D eigenvalue weighted by atomic mass is 9.84. The molecule has 228 valence electrons. The molecule has 8 nitrogen and oxygen atoms in total. The van der Waals surface area contributed by atoms with Crippen LogP contribution in [0.3, 0.4) is 0 Å². The molecule has 1 unspecified atom stereocenters. The molecule has 4 rings (SSSR count). The van der Waals surface area contributed by atoms with Gasteiger partial charge in [-0.1, -0.05) is 55.7 Å². The first-order valence-corrected chi connectivity index (χ1v) is 14.0. The highest BCUT2D eigenvalue weighted by atomic mass is 19.4. The van der Waals surface area contributed by atoms with E-state index >= 15 is 0 Å². The van der Waals surface area contributed by atoms with Crippen LogP contribution in [0.25, 0.3) is 0 Å². The average molecular weight is 599 g/mol. The Morgan fingerprint density at radius 1 is 0.930 bits per heavy atom. The lowest BCUT2D eigenvalue weighted by Crippen LogP contribution is -2.36. The Hall–Kier alpha value is -4.38. The van der Waals surface area contributed by atoms with E-state index in [4.69, 9.17) is 5.11 Å². The molecule has 0 aliphatic heterocycles. The minimum atomic E-state index is -4.85. The Labute approximate surface area is 247 Å². The van der Waals surface area contributed by atoms with Gasteiger partial charge in [-0.15, -0.1) is 13.2 Å². The number of hydrogen-bond acceptors (Lipinski definition) is 5. The molecule has 43 heavy (non-hydrogen) atoms. The molecule has 0 spiro atoms.